The molecular formula is C19H26N4O2. The zero-order valence-electron chi connectivity index (χ0n) is 15.2. The molecule has 0 spiro atoms. The Balaban J connectivity index is 2.00. The number of carbonyl (C=O) groups excluding carboxylic acids is 1. The summed E-state index contributed by atoms with van der Waals surface area (Å²) in [5.41, 5.74) is 1.83. The Morgan fingerprint density at radius 3 is 2.64 bits per heavy atom. The van der Waals surface area contributed by atoms with Gasteiger partial charge in [-0.1, -0.05) is 26.0 Å². The van der Waals surface area contributed by atoms with E-state index >= 15 is 0 Å². The molecule has 2 N–H and O–H groups in total. The summed E-state index contributed by atoms with van der Waals surface area (Å²) in [5, 5.41) is 6.17. The maximum atomic E-state index is 11.9. The standard InChI is InChI=1S/C19H26N4O2/c1-13(2)10-17(24)23-16-7-5-6-15(11-16)12-22-18-19(25-14(3)4)21-9-8-20-18/h5-9,11,13-14H,10,12H2,1-4H3,(H,20,22)(H,23,24). The second-order valence-corrected chi connectivity index (χ2v) is 6.58. The minimum absolute atomic E-state index is 0.0248. The molecule has 6 heteroatoms. The van der Waals surface area contributed by atoms with Crippen LogP contribution in [0.1, 0.15) is 39.7 Å². The fraction of sp³-hybridized carbons (Fsp3) is 0.421. The smallest absolute Gasteiger partial charge is 0.257 e. The highest BCUT2D eigenvalue weighted by molar-refractivity contribution is 5.90. The Hall–Kier alpha value is -2.63. The van der Waals surface area contributed by atoms with Crippen LogP contribution in [0.5, 0.6) is 5.88 Å². The molecule has 1 aromatic carbocycles. The lowest BCUT2D eigenvalue weighted by Crippen LogP contribution is -2.14. The van der Waals surface area contributed by atoms with Crippen molar-refractivity contribution in [3.8, 4) is 5.88 Å². The van der Waals surface area contributed by atoms with Crippen molar-refractivity contribution in [1.29, 1.82) is 0 Å². The minimum atomic E-state index is 0.0248. The van der Waals surface area contributed by atoms with E-state index in [1.54, 1.807) is 12.4 Å². The van der Waals surface area contributed by atoms with Crippen molar-refractivity contribution < 1.29 is 9.53 Å². The van der Waals surface area contributed by atoms with Crippen molar-refractivity contribution in [3.05, 3.63) is 42.2 Å². The third-order valence-corrected chi connectivity index (χ3v) is 3.28. The molecule has 134 valence electrons. The maximum Gasteiger partial charge on any atom is 0.257 e. The highest BCUT2D eigenvalue weighted by Crippen LogP contribution is 2.20. The summed E-state index contributed by atoms with van der Waals surface area (Å²) in [6.07, 6.45) is 3.76. The molecule has 0 saturated carbocycles. The van der Waals surface area contributed by atoms with Gasteiger partial charge in [-0.15, -0.1) is 0 Å². The topological polar surface area (TPSA) is 76.1 Å². The van der Waals surface area contributed by atoms with E-state index in [1.807, 2.05) is 52.0 Å². The van der Waals surface area contributed by atoms with E-state index in [2.05, 4.69) is 20.6 Å². The van der Waals surface area contributed by atoms with E-state index in [9.17, 15) is 4.79 Å². The molecule has 0 saturated heterocycles. The predicted octanol–water partition coefficient (Wildman–Crippen LogP) is 3.86. The highest BCUT2D eigenvalue weighted by atomic mass is 16.5. The van der Waals surface area contributed by atoms with E-state index in [-0.39, 0.29) is 12.0 Å². The van der Waals surface area contributed by atoms with Crippen LogP contribution in [0.3, 0.4) is 0 Å². The van der Waals surface area contributed by atoms with Crippen molar-refractivity contribution in [2.75, 3.05) is 10.6 Å². The van der Waals surface area contributed by atoms with Crippen molar-refractivity contribution in [1.82, 2.24) is 9.97 Å². The fourth-order valence-corrected chi connectivity index (χ4v) is 2.28. The van der Waals surface area contributed by atoms with Crippen LogP contribution >= 0.6 is 0 Å². The average molecular weight is 342 g/mol. The number of carbonyl (C=O) groups is 1. The summed E-state index contributed by atoms with van der Waals surface area (Å²) < 4.78 is 5.65. The molecule has 6 nitrogen and oxygen atoms in total. The predicted molar refractivity (Wildman–Crippen MR) is 99.6 cm³/mol. The van der Waals surface area contributed by atoms with E-state index in [0.29, 0.717) is 30.6 Å². The Bertz CT molecular complexity index is 701. The lowest BCUT2D eigenvalue weighted by molar-refractivity contribution is -0.116. The Morgan fingerprint density at radius 2 is 1.92 bits per heavy atom. The number of benzene rings is 1. The molecule has 1 heterocycles. The van der Waals surface area contributed by atoms with Crippen LogP contribution in [0.2, 0.25) is 0 Å². The van der Waals surface area contributed by atoms with Gasteiger partial charge in [0.2, 0.25) is 5.91 Å². The van der Waals surface area contributed by atoms with Gasteiger partial charge >= 0.3 is 0 Å². The zero-order chi connectivity index (χ0) is 18.2. The first-order valence-electron chi connectivity index (χ1n) is 8.54. The maximum absolute atomic E-state index is 11.9. The first-order chi connectivity index (χ1) is 11.9. The van der Waals surface area contributed by atoms with E-state index in [4.69, 9.17) is 4.74 Å². The van der Waals surface area contributed by atoms with Gasteiger partial charge in [0.25, 0.3) is 5.88 Å². The molecule has 0 aliphatic rings. The molecule has 0 aliphatic carbocycles. The second kappa shape index (κ2) is 9.01. The summed E-state index contributed by atoms with van der Waals surface area (Å²) in [4.78, 5) is 20.4. The summed E-state index contributed by atoms with van der Waals surface area (Å²) in [6, 6.07) is 7.75. The number of amides is 1. The number of rotatable bonds is 8. The zero-order valence-corrected chi connectivity index (χ0v) is 15.2. The van der Waals surface area contributed by atoms with E-state index < -0.39 is 0 Å². The molecule has 1 amide bonds. The van der Waals surface area contributed by atoms with E-state index in [0.717, 1.165) is 11.3 Å². The Labute approximate surface area is 149 Å². The Kier molecular flexibility index (Phi) is 6.74. The van der Waals surface area contributed by atoms with Crippen LogP contribution in [0, 0.1) is 5.92 Å². The molecule has 0 unspecified atom stereocenters. The summed E-state index contributed by atoms with van der Waals surface area (Å²) >= 11 is 0. The van der Waals surface area contributed by atoms with Gasteiger partial charge in [0.15, 0.2) is 5.82 Å². The summed E-state index contributed by atoms with van der Waals surface area (Å²) in [5.74, 6) is 1.45. The first kappa shape index (κ1) is 18.7. The molecule has 25 heavy (non-hydrogen) atoms. The normalized spacial score (nSPS) is 10.8. The number of hydrogen-bond donors (Lipinski definition) is 2. The van der Waals surface area contributed by atoms with E-state index in [1.165, 1.54) is 0 Å². The molecule has 1 aromatic heterocycles. The van der Waals surface area contributed by atoms with Crippen molar-refractivity contribution >= 4 is 17.4 Å². The van der Waals surface area contributed by atoms with Crippen molar-refractivity contribution in [3.63, 3.8) is 0 Å². The highest BCUT2D eigenvalue weighted by Gasteiger charge is 2.09. The van der Waals surface area contributed by atoms with Crippen molar-refractivity contribution in [2.45, 2.75) is 46.8 Å². The number of ether oxygens (including phenoxy) is 1. The second-order valence-electron chi connectivity index (χ2n) is 6.58. The van der Waals surface area contributed by atoms with Gasteiger partial charge in [-0.25, -0.2) is 9.97 Å². The molecule has 0 fully saturated rings. The number of hydrogen-bond acceptors (Lipinski definition) is 5. The lowest BCUT2D eigenvalue weighted by atomic mass is 10.1. The van der Waals surface area contributed by atoms with Crippen LogP contribution in [0.4, 0.5) is 11.5 Å². The Morgan fingerprint density at radius 1 is 1.16 bits per heavy atom. The number of nitrogens with one attached hydrogen (secondary N) is 2. The van der Waals surface area contributed by atoms with Gasteiger partial charge in [-0.05, 0) is 37.5 Å². The van der Waals surface area contributed by atoms with Crippen molar-refractivity contribution in [2.24, 2.45) is 5.92 Å². The fourth-order valence-electron chi connectivity index (χ4n) is 2.28. The van der Waals surface area contributed by atoms with Crippen LogP contribution < -0.4 is 15.4 Å². The van der Waals surface area contributed by atoms with Gasteiger partial charge in [0.1, 0.15) is 0 Å². The number of anilines is 2. The van der Waals surface area contributed by atoms with Gasteiger partial charge in [0, 0.05) is 31.0 Å². The monoisotopic (exact) mass is 342 g/mol. The minimum Gasteiger partial charge on any atom is -0.472 e. The number of nitrogens with zero attached hydrogens (tertiary/aromatic N) is 2. The van der Waals surface area contributed by atoms with Gasteiger partial charge in [0.05, 0.1) is 6.10 Å². The quantitative estimate of drug-likeness (QED) is 0.762. The third kappa shape index (κ3) is 6.41. The van der Waals surface area contributed by atoms with Gasteiger partial charge < -0.3 is 15.4 Å². The van der Waals surface area contributed by atoms with Gasteiger partial charge in [-0.2, -0.15) is 0 Å². The third-order valence-electron chi connectivity index (χ3n) is 3.28. The molecule has 2 aromatic rings. The molecule has 0 aliphatic heterocycles. The molecule has 0 atom stereocenters. The van der Waals surface area contributed by atoms with Gasteiger partial charge in [-0.3, -0.25) is 4.79 Å². The lowest BCUT2D eigenvalue weighted by Gasteiger charge is -2.13. The molecule has 2 rings (SSSR count). The molecular weight excluding hydrogens is 316 g/mol. The average Bonchev–Trinajstić information content (AvgIpc) is 2.53. The van der Waals surface area contributed by atoms with Crippen LogP contribution in [0.25, 0.3) is 0 Å². The van der Waals surface area contributed by atoms with Crippen LogP contribution in [-0.4, -0.2) is 22.0 Å². The van der Waals surface area contributed by atoms with Crippen LogP contribution in [0.15, 0.2) is 36.7 Å². The molecule has 0 bridgehead atoms. The summed E-state index contributed by atoms with van der Waals surface area (Å²) in [7, 11) is 0. The largest absolute Gasteiger partial charge is 0.472 e. The summed E-state index contributed by atoms with van der Waals surface area (Å²) in [6.45, 7) is 8.50. The molecule has 0 radical (unpaired) electrons. The number of aromatic nitrogens is 2. The first-order valence-corrected chi connectivity index (χ1v) is 8.54. The SMILES string of the molecule is CC(C)CC(=O)Nc1cccc(CNc2nccnc2OC(C)C)c1. The van der Waals surface area contributed by atoms with Crippen LogP contribution in [-0.2, 0) is 11.3 Å².